The van der Waals surface area contributed by atoms with Crippen LogP contribution in [-0.4, -0.2) is 34.7 Å². The number of aromatic hydroxyl groups is 2. The molecular formula is C24H23NO2. The fourth-order valence-corrected chi connectivity index (χ4v) is 3.65. The van der Waals surface area contributed by atoms with Gasteiger partial charge in [-0.05, 0) is 55.1 Å². The first-order valence-corrected chi connectivity index (χ1v) is 9.43. The average Bonchev–Trinajstić information content (AvgIpc) is 3.20. The van der Waals surface area contributed by atoms with Crippen molar-refractivity contribution in [1.82, 2.24) is 4.90 Å². The highest BCUT2D eigenvalue weighted by Gasteiger charge is 2.13. The van der Waals surface area contributed by atoms with E-state index in [1.807, 2.05) is 48.5 Å². The summed E-state index contributed by atoms with van der Waals surface area (Å²) in [7, 11) is 0. The minimum absolute atomic E-state index is 0.122. The highest BCUT2D eigenvalue weighted by atomic mass is 16.3. The zero-order chi connectivity index (χ0) is 18.6. The molecule has 3 nitrogen and oxygen atoms in total. The van der Waals surface area contributed by atoms with Crippen LogP contribution in [0.3, 0.4) is 0 Å². The molecule has 0 amide bonds. The van der Waals surface area contributed by atoms with Crippen LogP contribution >= 0.6 is 0 Å². The quantitative estimate of drug-likeness (QED) is 0.687. The van der Waals surface area contributed by atoms with Crippen molar-refractivity contribution in [2.45, 2.75) is 19.3 Å². The molecule has 0 bridgehead atoms. The van der Waals surface area contributed by atoms with Crippen molar-refractivity contribution in [2.24, 2.45) is 0 Å². The summed E-state index contributed by atoms with van der Waals surface area (Å²) in [5.41, 5.74) is 2.48. The van der Waals surface area contributed by atoms with Crippen molar-refractivity contribution in [3.63, 3.8) is 0 Å². The summed E-state index contributed by atoms with van der Waals surface area (Å²) in [5.74, 6) is 6.71. The lowest BCUT2D eigenvalue weighted by molar-refractivity contribution is 0.383. The third kappa shape index (κ3) is 3.92. The Bertz CT molecular complexity index is 1010. The van der Waals surface area contributed by atoms with Crippen molar-refractivity contribution in [2.75, 3.05) is 19.6 Å². The molecule has 0 unspecified atom stereocenters. The van der Waals surface area contributed by atoms with E-state index < -0.39 is 0 Å². The van der Waals surface area contributed by atoms with Gasteiger partial charge in [0.2, 0.25) is 0 Å². The summed E-state index contributed by atoms with van der Waals surface area (Å²) >= 11 is 0. The average molecular weight is 357 g/mol. The molecule has 2 N–H and O–H groups in total. The number of phenolic OH excluding ortho intramolecular Hbond substituents is 2. The van der Waals surface area contributed by atoms with E-state index in [9.17, 15) is 10.2 Å². The standard InChI is InChI=1S/C24H23NO2/c26-23-17-20-11-10-19(9-6-14-25-12-4-5-13-25)15-21(20)24(27)22(23)16-18-7-2-1-3-8-18/h1-3,7-8,10-11,15,17,26-27H,4-5,12-14,16H2. The fourth-order valence-electron chi connectivity index (χ4n) is 3.65. The predicted molar refractivity (Wildman–Crippen MR) is 109 cm³/mol. The van der Waals surface area contributed by atoms with Crippen molar-refractivity contribution in [3.05, 3.63) is 71.3 Å². The molecule has 0 radical (unpaired) electrons. The van der Waals surface area contributed by atoms with E-state index in [0.29, 0.717) is 12.0 Å². The Morgan fingerprint density at radius 3 is 2.48 bits per heavy atom. The van der Waals surface area contributed by atoms with Crippen LogP contribution in [0.25, 0.3) is 10.8 Å². The van der Waals surface area contributed by atoms with Gasteiger partial charge in [-0.2, -0.15) is 0 Å². The SMILES string of the molecule is Oc1cc2ccc(C#CCN3CCCC3)cc2c(O)c1Cc1ccccc1. The monoisotopic (exact) mass is 357 g/mol. The molecule has 1 saturated heterocycles. The van der Waals surface area contributed by atoms with Crippen LogP contribution in [-0.2, 0) is 6.42 Å². The summed E-state index contributed by atoms with van der Waals surface area (Å²) < 4.78 is 0. The molecule has 4 rings (SSSR count). The minimum Gasteiger partial charge on any atom is -0.507 e. The Morgan fingerprint density at radius 2 is 1.70 bits per heavy atom. The summed E-state index contributed by atoms with van der Waals surface area (Å²) in [5, 5.41) is 22.7. The summed E-state index contributed by atoms with van der Waals surface area (Å²) in [6.45, 7) is 3.06. The number of hydrogen-bond acceptors (Lipinski definition) is 3. The van der Waals surface area contributed by atoms with Crippen LogP contribution in [0.1, 0.15) is 29.5 Å². The van der Waals surface area contributed by atoms with E-state index in [-0.39, 0.29) is 11.5 Å². The third-order valence-corrected chi connectivity index (χ3v) is 5.15. The van der Waals surface area contributed by atoms with E-state index in [2.05, 4.69) is 16.7 Å². The Labute approximate surface area is 159 Å². The summed E-state index contributed by atoms with van der Waals surface area (Å²) in [6.07, 6.45) is 3.01. The van der Waals surface area contributed by atoms with Crippen LogP contribution < -0.4 is 0 Å². The molecule has 1 fully saturated rings. The minimum atomic E-state index is 0.122. The normalized spacial score (nSPS) is 14.2. The van der Waals surface area contributed by atoms with Gasteiger partial charge >= 0.3 is 0 Å². The number of rotatable bonds is 3. The van der Waals surface area contributed by atoms with Gasteiger partial charge in [-0.1, -0.05) is 48.2 Å². The van der Waals surface area contributed by atoms with Gasteiger partial charge in [0, 0.05) is 22.9 Å². The zero-order valence-corrected chi connectivity index (χ0v) is 15.3. The van der Waals surface area contributed by atoms with Crippen molar-refractivity contribution >= 4 is 10.8 Å². The molecule has 0 aromatic heterocycles. The van der Waals surface area contributed by atoms with E-state index >= 15 is 0 Å². The van der Waals surface area contributed by atoms with E-state index in [0.717, 1.165) is 41.5 Å². The molecule has 3 aromatic rings. The molecule has 1 aliphatic heterocycles. The van der Waals surface area contributed by atoms with Crippen LogP contribution in [0.5, 0.6) is 11.5 Å². The number of fused-ring (bicyclic) bond motifs is 1. The van der Waals surface area contributed by atoms with Gasteiger partial charge in [0.1, 0.15) is 11.5 Å². The first-order chi connectivity index (χ1) is 13.2. The van der Waals surface area contributed by atoms with Crippen LogP contribution in [0.15, 0.2) is 54.6 Å². The van der Waals surface area contributed by atoms with Gasteiger partial charge in [0.15, 0.2) is 0 Å². The van der Waals surface area contributed by atoms with E-state index in [4.69, 9.17) is 0 Å². The number of phenols is 2. The van der Waals surface area contributed by atoms with Gasteiger partial charge in [-0.25, -0.2) is 0 Å². The Hall–Kier alpha value is -2.96. The number of benzene rings is 3. The summed E-state index contributed by atoms with van der Waals surface area (Å²) in [4.78, 5) is 2.36. The second-order valence-corrected chi connectivity index (χ2v) is 7.11. The topological polar surface area (TPSA) is 43.7 Å². The lowest BCUT2D eigenvalue weighted by atomic mass is 9.97. The maximum absolute atomic E-state index is 10.8. The maximum atomic E-state index is 10.8. The van der Waals surface area contributed by atoms with Gasteiger partial charge < -0.3 is 10.2 Å². The van der Waals surface area contributed by atoms with Crippen LogP contribution in [0, 0.1) is 11.8 Å². The van der Waals surface area contributed by atoms with Gasteiger partial charge in [-0.3, -0.25) is 4.90 Å². The molecule has 0 aliphatic carbocycles. The highest BCUT2D eigenvalue weighted by Crippen LogP contribution is 2.37. The molecular weight excluding hydrogens is 334 g/mol. The molecule has 0 saturated carbocycles. The van der Waals surface area contributed by atoms with Crippen LogP contribution in [0.4, 0.5) is 0 Å². The molecule has 27 heavy (non-hydrogen) atoms. The Kier molecular flexibility index (Phi) is 5.00. The Balaban J connectivity index is 1.64. The smallest absolute Gasteiger partial charge is 0.130 e. The maximum Gasteiger partial charge on any atom is 0.130 e. The van der Waals surface area contributed by atoms with Crippen molar-refractivity contribution < 1.29 is 10.2 Å². The van der Waals surface area contributed by atoms with E-state index in [1.165, 1.54) is 12.8 Å². The molecule has 136 valence electrons. The predicted octanol–water partition coefficient (Wildman–Crippen LogP) is 4.29. The molecule has 3 heteroatoms. The lowest BCUT2D eigenvalue weighted by Crippen LogP contribution is -2.18. The second kappa shape index (κ2) is 7.73. The number of likely N-dealkylation sites (tertiary alicyclic amines) is 1. The van der Waals surface area contributed by atoms with Gasteiger partial charge in [0.05, 0.1) is 6.54 Å². The second-order valence-electron chi connectivity index (χ2n) is 7.11. The molecule has 1 aliphatic rings. The van der Waals surface area contributed by atoms with Crippen molar-refractivity contribution in [3.8, 4) is 23.3 Å². The van der Waals surface area contributed by atoms with Crippen LogP contribution in [0.2, 0.25) is 0 Å². The number of nitrogens with zero attached hydrogens (tertiary/aromatic N) is 1. The fraction of sp³-hybridized carbons (Fsp3) is 0.250. The first kappa shape index (κ1) is 17.5. The van der Waals surface area contributed by atoms with Crippen molar-refractivity contribution in [1.29, 1.82) is 0 Å². The van der Waals surface area contributed by atoms with Gasteiger partial charge in [-0.15, -0.1) is 0 Å². The summed E-state index contributed by atoms with van der Waals surface area (Å²) in [6, 6.07) is 17.3. The largest absolute Gasteiger partial charge is 0.507 e. The molecule has 0 atom stereocenters. The van der Waals surface area contributed by atoms with E-state index in [1.54, 1.807) is 6.07 Å². The highest BCUT2D eigenvalue weighted by molar-refractivity contribution is 5.92. The first-order valence-electron chi connectivity index (χ1n) is 9.43. The molecule has 1 heterocycles. The molecule has 0 spiro atoms. The molecule has 3 aromatic carbocycles. The Morgan fingerprint density at radius 1 is 0.926 bits per heavy atom. The lowest BCUT2D eigenvalue weighted by Gasteiger charge is -2.11. The number of hydrogen-bond donors (Lipinski definition) is 2. The van der Waals surface area contributed by atoms with Gasteiger partial charge in [0.25, 0.3) is 0 Å². The third-order valence-electron chi connectivity index (χ3n) is 5.15. The zero-order valence-electron chi connectivity index (χ0n) is 15.3.